The van der Waals surface area contributed by atoms with Crippen LogP contribution in [0.1, 0.15) is 42.6 Å². The van der Waals surface area contributed by atoms with Crippen LogP contribution in [0.25, 0.3) is 0 Å². The molecule has 1 heterocycles. The summed E-state index contributed by atoms with van der Waals surface area (Å²) >= 11 is 1.49. The van der Waals surface area contributed by atoms with Crippen LogP contribution in [0, 0.1) is 12.8 Å². The Hall–Kier alpha value is -2.01. The van der Waals surface area contributed by atoms with Crippen LogP contribution in [-0.2, 0) is 17.6 Å². The zero-order chi connectivity index (χ0) is 16.8. The monoisotopic (exact) mass is 329 g/mol. The van der Waals surface area contributed by atoms with Crippen molar-refractivity contribution in [3.8, 4) is 0 Å². The standard InChI is InChI=1S/C18H23N3OS/c1-12(2)9-15-5-7-16(8-6-15)14(4)20-21-17(22)10-18-19-13(3)11-23-18/h5-8,11-12H,9-10H2,1-4H3,(H,21,22)/b20-14-. The molecule has 1 amide bonds. The van der Waals surface area contributed by atoms with Crippen molar-refractivity contribution < 1.29 is 4.79 Å². The van der Waals surface area contributed by atoms with E-state index in [9.17, 15) is 4.79 Å². The first-order chi connectivity index (χ1) is 10.9. The van der Waals surface area contributed by atoms with Crippen molar-refractivity contribution in [3.63, 3.8) is 0 Å². The van der Waals surface area contributed by atoms with Gasteiger partial charge in [0.1, 0.15) is 5.01 Å². The number of carbonyl (C=O) groups excluding carboxylic acids is 1. The Morgan fingerprint density at radius 3 is 2.57 bits per heavy atom. The fourth-order valence-corrected chi connectivity index (χ4v) is 3.00. The summed E-state index contributed by atoms with van der Waals surface area (Å²) in [6, 6.07) is 8.34. The predicted molar refractivity (Wildman–Crippen MR) is 95.9 cm³/mol. The first-order valence-electron chi connectivity index (χ1n) is 7.77. The highest BCUT2D eigenvalue weighted by Crippen LogP contribution is 2.11. The van der Waals surface area contributed by atoms with E-state index < -0.39 is 0 Å². The zero-order valence-corrected chi connectivity index (χ0v) is 14.9. The Kier molecular flexibility index (Phi) is 6.04. The number of hydrazone groups is 1. The largest absolute Gasteiger partial charge is 0.273 e. The summed E-state index contributed by atoms with van der Waals surface area (Å²) < 4.78 is 0. The summed E-state index contributed by atoms with van der Waals surface area (Å²) in [5, 5.41) is 6.93. The van der Waals surface area contributed by atoms with Gasteiger partial charge in [-0.25, -0.2) is 10.4 Å². The smallest absolute Gasteiger partial charge is 0.246 e. The number of aryl methyl sites for hydroxylation is 1. The molecule has 0 unspecified atom stereocenters. The minimum Gasteiger partial charge on any atom is -0.273 e. The lowest BCUT2D eigenvalue weighted by Gasteiger charge is -2.06. The normalized spacial score (nSPS) is 11.8. The first-order valence-corrected chi connectivity index (χ1v) is 8.65. The highest BCUT2D eigenvalue weighted by atomic mass is 32.1. The van der Waals surface area contributed by atoms with Crippen molar-refractivity contribution in [2.75, 3.05) is 0 Å². The summed E-state index contributed by atoms with van der Waals surface area (Å²) in [4.78, 5) is 16.2. The van der Waals surface area contributed by atoms with E-state index in [1.807, 2.05) is 31.4 Å². The third-order valence-electron chi connectivity index (χ3n) is 3.34. The fraction of sp³-hybridized carbons (Fsp3) is 0.389. The quantitative estimate of drug-likeness (QED) is 0.648. The molecule has 0 saturated carbocycles. The third kappa shape index (κ3) is 5.60. The molecule has 0 spiro atoms. The molecule has 2 rings (SSSR count). The molecule has 0 aliphatic carbocycles. The molecule has 122 valence electrons. The molecule has 5 heteroatoms. The van der Waals surface area contributed by atoms with E-state index in [1.165, 1.54) is 16.9 Å². The van der Waals surface area contributed by atoms with Gasteiger partial charge < -0.3 is 0 Å². The molecule has 0 bridgehead atoms. The van der Waals surface area contributed by atoms with Gasteiger partial charge in [-0.2, -0.15) is 5.10 Å². The minimum absolute atomic E-state index is 0.143. The maximum absolute atomic E-state index is 11.9. The van der Waals surface area contributed by atoms with E-state index in [0.717, 1.165) is 28.4 Å². The molecule has 2 aromatic rings. The molecular formula is C18H23N3OS. The minimum atomic E-state index is -0.143. The Bertz CT molecular complexity index is 687. The van der Waals surface area contributed by atoms with Crippen LogP contribution in [0.2, 0.25) is 0 Å². The van der Waals surface area contributed by atoms with Crippen molar-refractivity contribution in [2.24, 2.45) is 11.0 Å². The van der Waals surface area contributed by atoms with Crippen LogP contribution in [0.3, 0.4) is 0 Å². The Labute approximate surface area is 141 Å². The molecule has 0 radical (unpaired) electrons. The molecule has 1 aromatic carbocycles. The SMILES string of the molecule is C/C(=N/NC(=O)Cc1nc(C)cs1)c1ccc(CC(C)C)cc1. The average molecular weight is 329 g/mol. The summed E-state index contributed by atoms with van der Waals surface area (Å²) in [5.74, 6) is 0.500. The van der Waals surface area contributed by atoms with Crippen LogP contribution < -0.4 is 5.43 Å². The molecule has 4 nitrogen and oxygen atoms in total. The van der Waals surface area contributed by atoms with Gasteiger partial charge in [-0.1, -0.05) is 38.1 Å². The number of nitrogens with zero attached hydrogens (tertiary/aromatic N) is 2. The van der Waals surface area contributed by atoms with Gasteiger partial charge in [0.15, 0.2) is 0 Å². The number of rotatable bonds is 6. The average Bonchev–Trinajstić information content (AvgIpc) is 2.90. The molecule has 1 aromatic heterocycles. The highest BCUT2D eigenvalue weighted by molar-refractivity contribution is 7.09. The lowest BCUT2D eigenvalue weighted by atomic mass is 10.0. The maximum atomic E-state index is 11.9. The second kappa shape index (κ2) is 8.02. The zero-order valence-electron chi connectivity index (χ0n) is 14.1. The molecule has 0 fully saturated rings. The van der Waals surface area contributed by atoms with Gasteiger partial charge in [0, 0.05) is 11.1 Å². The first kappa shape index (κ1) is 17.3. The number of benzene rings is 1. The van der Waals surface area contributed by atoms with Gasteiger partial charge in [-0.05, 0) is 37.3 Å². The van der Waals surface area contributed by atoms with Gasteiger partial charge in [0.25, 0.3) is 0 Å². The van der Waals surface area contributed by atoms with E-state index in [1.54, 1.807) is 0 Å². The van der Waals surface area contributed by atoms with E-state index in [-0.39, 0.29) is 12.3 Å². The summed E-state index contributed by atoms with van der Waals surface area (Å²) in [6.07, 6.45) is 1.34. The van der Waals surface area contributed by atoms with Crippen molar-refractivity contribution in [1.82, 2.24) is 10.4 Å². The second-order valence-corrected chi connectivity index (χ2v) is 7.03. The summed E-state index contributed by atoms with van der Waals surface area (Å²) in [6.45, 7) is 8.23. The van der Waals surface area contributed by atoms with Crippen LogP contribution >= 0.6 is 11.3 Å². The van der Waals surface area contributed by atoms with Gasteiger partial charge in [0.05, 0.1) is 12.1 Å². The molecule has 0 aliphatic rings. The number of hydrogen-bond acceptors (Lipinski definition) is 4. The molecule has 23 heavy (non-hydrogen) atoms. The number of aromatic nitrogens is 1. The van der Waals surface area contributed by atoms with E-state index >= 15 is 0 Å². The summed E-state index contributed by atoms with van der Waals surface area (Å²) in [7, 11) is 0. The highest BCUT2D eigenvalue weighted by Gasteiger charge is 2.06. The van der Waals surface area contributed by atoms with E-state index in [2.05, 4.69) is 41.5 Å². The van der Waals surface area contributed by atoms with Gasteiger partial charge in [0.2, 0.25) is 5.91 Å². The molecule has 0 saturated heterocycles. The predicted octanol–water partition coefficient (Wildman–Crippen LogP) is 3.73. The van der Waals surface area contributed by atoms with E-state index in [4.69, 9.17) is 0 Å². The van der Waals surface area contributed by atoms with Crippen LogP contribution in [-0.4, -0.2) is 16.6 Å². The van der Waals surface area contributed by atoms with Crippen LogP contribution in [0.5, 0.6) is 0 Å². The number of amides is 1. The van der Waals surface area contributed by atoms with Gasteiger partial charge >= 0.3 is 0 Å². The van der Waals surface area contributed by atoms with Gasteiger partial charge in [-0.3, -0.25) is 4.79 Å². The Balaban J connectivity index is 1.92. The number of carbonyl (C=O) groups is 1. The number of nitrogens with one attached hydrogen (secondary N) is 1. The maximum Gasteiger partial charge on any atom is 0.246 e. The summed E-state index contributed by atoms with van der Waals surface area (Å²) in [5.41, 5.74) is 6.68. The van der Waals surface area contributed by atoms with Crippen LogP contribution in [0.4, 0.5) is 0 Å². The molecular weight excluding hydrogens is 306 g/mol. The van der Waals surface area contributed by atoms with Crippen molar-refractivity contribution in [1.29, 1.82) is 0 Å². The van der Waals surface area contributed by atoms with Gasteiger partial charge in [-0.15, -0.1) is 11.3 Å². The molecule has 0 atom stereocenters. The van der Waals surface area contributed by atoms with Crippen molar-refractivity contribution >= 4 is 23.0 Å². The fourth-order valence-electron chi connectivity index (χ4n) is 2.22. The third-order valence-corrected chi connectivity index (χ3v) is 4.31. The molecule has 1 N–H and O–H groups in total. The Morgan fingerprint density at radius 1 is 1.30 bits per heavy atom. The lowest BCUT2D eigenvalue weighted by molar-refractivity contribution is -0.120. The number of hydrogen-bond donors (Lipinski definition) is 1. The number of thiazole rings is 1. The topological polar surface area (TPSA) is 54.4 Å². The van der Waals surface area contributed by atoms with Crippen LogP contribution in [0.15, 0.2) is 34.7 Å². The molecule has 0 aliphatic heterocycles. The van der Waals surface area contributed by atoms with Crippen molar-refractivity contribution in [3.05, 3.63) is 51.5 Å². The Morgan fingerprint density at radius 2 is 2.00 bits per heavy atom. The van der Waals surface area contributed by atoms with E-state index in [0.29, 0.717) is 5.92 Å². The van der Waals surface area contributed by atoms with Crippen molar-refractivity contribution in [2.45, 2.75) is 40.5 Å². The second-order valence-electron chi connectivity index (χ2n) is 6.09. The lowest BCUT2D eigenvalue weighted by Crippen LogP contribution is -2.21.